The summed E-state index contributed by atoms with van der Waals surface area (Å²) in [7, 11) is 0. The maximum absolute atomic E-state index is 12.1. The molecule has 0 radical (unpaired) electrons. The first-order chi connectivity index (χ1) is 9.97. The Balaban J connectivity index is 1.93. The van der Waals surface area contributed by atoms with Gasteiger partial charge >= 0.3 is 18.0 Å². The number of amides is 2. The zero-order valence-electron chi connectivity index (χ0n) is 11.2. The molecule has 2 amide bonds. The van der Waals surface area contributed by atoms with Crippen molar-refractivity contribution in [2.75, 3.05) is 6.54 Å². The first-order valence-corrected chi connectivity index (χ1v) is 7.40. The molecule has 1 aromatic heterocycles. The number of aliphatic carboxylic acids is 2. The Kier molecular flexibility index (Phi) is 4.79. The van der Waals surface area contributed by atoms with E-state index in [9.17, 15) is 14.4 Å². The Morgan fingerprint density at radius 2 is 2.14 bits per heavy atom. The fraction of sp³-hybridized carbons (Fsp3) is 0.462. The lowest BCUT2D eigenvalue weighted by Crippen LogP contribution is -2.49. The molecule has 0 bridgehead atoms. The number of carbonyl (C=O) groups excluding carboxylic acids is 1. The van der Waals surface area contributed by atoms with Crippen molar-refractivity contribution < 1.29 is 24.6 Å². The second-order valence-electron chi connectivity index (χ2n) is 4.81. The lowest BCUT2D eigenvalue weighted by molar-refractivity contribution is -0.140. The number of thiophene rings is 1. The lowest BCUT2D eigenvalue weighted by Gasteiger charge is -2.28. The maximum Gasteiger partial charge on any atom is 0.326 e. The van der Waals surface area contributed by atoms with E-state index >= 15 is 0 Å². The van der Waals surface area contributed by atoms with Gasteiger partial charge in [0.15, 0.2) is 0 Å². The van der Waals surface area contributed by atoms with E-state index in [1.54, 1.807) is 16.2 Å². The van der Waals surface area contributed by atoms with E-state index < -0.39 is 24.0 Å². The number of carbonyl (C=O) groups is 3. The van der Waals surface area contributed by atoms with E-state index in [-0.39, 0.29) is 12.8 Å². The van der Waals surface area contributed by atoms with Gasteiger partial charge in [-0.3, -0.25) is 4.79 Å². The number of carboxylic acids is 2. The van der Waals surface area contributed by atoms with Crippen molar-refractivity contribution in [3.8, 4) is 0 Å². The number of carboxylic acid groups (broad SMARTS) is 2. The molecule has 7 nitrogen and oxygen atoms in total. The molecular formula is C13H16N2O5S. The molecule has 0 spiro atoms. The number of rotatable bonds is 5. The van der Waals surface area contributed by atoms with Crippen LogP contribution in [-0.4, -0.2) is 45.7 Å². The quantitative estimate of drug-likeness (QED) is 0.755. The number of hydrogen-bond acceptors (Lipinski definition) is 4. The smallest absolute Gasteiger partial charge is 0.326 e. The van der Waals surface area contributed by atoms with Crippen molar-refractivity contribution in [2.45, 2.75) is 31.8 Å². The largest absolute Gasteiger partial charge is 0.481 e. The molecule has 0 aromatic carbocycles. The molecule has 0 saturated carbocycles. The minimum atomic E-state index is -1.22. The summed E-state index contributed by atoms with van der Waals surface area (Å²) in [6, 6.07) is 0.306. The van der Waals surface area contributed by atoms with Crippen LogP contribution in [0.5, 0.6) is 0 Å². The molecular weight excluding hydrogens is 296 g/mol. The number of urea groups is 1. The van der Waals surface area contributed by atoms with Gasteiger partial charge in [0.25, 0.3) is 0 Å². The molecule has 1 atom stereocenters. The van der Waals surface area contributed by atoms with Crippen LogP contribution >= 0.6 is 11.3 Å². The van der Waals surface area contributed by atoms with Crippen molar-refractivity contribution >= 4 is 29.3 Å². The normalized spacial score (nSPS) is 15.1. The topological polar surface area (TPSA) is 107 Å². The summed E-state index contributed by atoms with van der Waals surface area (Å²) < 4.78 is 0. The van der Waals surface area contributed by atoms with Crippen molar-refractivity contribution in [3.05, 3.63) is 21.9 Å². The third kappa shape index (κ3) is 3.94. The summed E-state index contributed by atoms with van der Waals surface area (Å²) in [5.74, 6) is -2.31. The summed E-state index contributed by atoms with van der Waals surface area (Å²) in [4.78, 5) is 36.5. The molecule has 0 aliphatic carbocycles. The van der Waals surface area contributed by atoms with E-state index in [0.717, 1.165) is 12.0 Å². The SMILES string of the molecule is O=C(O)CC[C@H](NC(=O)N1CCc2sccc2C1)C(=O)O. The van der Waals surface area contributed by atoms with Gasteiger partial charge in [0, 0.05) is 24.4 Å². The standard InChI is InChI=1S/C13H16N2O5S/c16-11(17)2-1-9(12(18)19)14-13(20)15-5-3-10-8(7-15)4-6-21-10/h4,6,9H,1-3,5,7H2,(H,14,20)(H,16,17)(H,18,19)/t9-/m0/s1. The summed E-state index contributed by atoms with van der Waals surface area (Å²) >= 11 is 1.65. The maximum atomic E-state index is 12.1. The molecule has 2 rings (SSSR count). The Labute approximate surface area is 125 Å². The van der Waals surface area contributed by atoms with Crippen LogP contribution < -0.4 is 5.32 Å². The molecule has 114 valence electrons. The summed E-state index contributed by atoms with van der Waals surface area (Å²) in [6.07, 6.45) is 0.327. The number of fused-ring (bicyclic) bond motifs is 1. The Hall–Kier alpha value is -2.09. The van der Waals surface area contributed by atoms with Crippen molar-refractivity contribution in [3.63, 3.8) is 0 Å². The minimum absolute atomic E-state index is 0.131. The van der Waals surface area contributed by atoms with Crippen LogP contribution in [-0.2, 0) is 22.6 Å². The molecule has 1 aliphatic heterocycles. The van der Waals surface area contributed by atoms with E-state index in [0.29, 0.717) is 13.1 Å². The van der Waals surface area contributed by atoms with E-state index in [2.05, 4.69) is 5.32 Å². The number of hydrogen-bond donors (Lipinski definition) is 3. The fourth-order valence-corrected chi connectivity index (χ4v) is 3.08. The lowest BCUT2D eigenvalue weighted by atomic mass is 10.1. The van der Waals surface area contributed by atoms with Crippen LogP contribution in [0.1, 0.15) is 23.3 Å². The van der Waals surface area contributed by atoms with Gasteiger partial charge in [-0.2, -0.15) is 0 Å². The molecule has 0 saturated heterocycles. The van der Waals surface area contributed by atoms with Gasteiger partial charge in [0.05, 0.1) is 0 Å². The second-order valence-corrected chi connectivity index (χ2v) is 5.81. The van der Waals surface area contributed by atoms with Crippen LogP contribution in [0.25, 0.3) is 0 Å². The Bertz CT molecular complexity index is 557. The first kappa shape index (κ1) is 15.3. The van der Waals surface area contributed by atoms with Crippen LogP contribution in [0, 0.1) is 0 Å². The summed E-state index contributed by atoms with van der Waals surface area (Å²) in [6.45, 7) is 0.987. The van der Waals surface area contributed by atoms with Gasteiger partial charge in [0.2, 0.25) is 0 Å². The average molecular weight is 312 g/mol. The fourth-order valence-electron chi connectivity index (χ4n) is 2.19. The Morgan fingerprint density at radius 1 is 1.38 bits per heavy atom. The molecule has 3 N–H and O–H groups in total. The third-order valence-corrected chi connectivity index (χ3v) is 4.36. The summed E-state index contributed by atoms with van der Waals surface area (Å²) in [5, 5.41) is 22.0. The van der Waals surface area contributed by atoms with E-state index in [4.69, 9.17) is 10.2 Å². The van der Waals surface area contributed by atoms with E-state index in [1.807, 2.05) is 11.4 Å². The highest BCUT2D eigenvalue weighted by Crippen LogP contribution is 2.23. The highest BCUT2D eigenvalue weighted by atomic mass is 32.1. The van der Waals surface area contributed by atoms with Gasteiger partial charge in [-0.1, -0.05) is 0 Å². The molecule has 8 heteroatoms. The highest BCUT2D eigenvalue weighted by Gasteiger charge is 2.26. The predicted octanol–water partition coefficient (Wildman–Crippen LogP) is 1.13. The number of nitrogens with zero attached hydrogens (tertiary/aromatic N) is 1. The highest BCUT2D eigenvalue weighted by molar-refractivity contribution is 7.10. The van der Waals surface area contributed by atoms with Gasteiger partial charge in [0.1, 0.15) is 6.04 Å². The number of nitrogens with one attached hydrogen (secondary N) is 1. The summed E-state index contributed by atoms with van der Waals surface area (Å²) in [5.41, 5.74) is 1.08. The van der Waals surface area contributed by atoms with Gasteiger partial charge in [-0.15, -0.1) is 11.3 Å². The first-order valence-electron chi connectivity index (χ1n) is 6.52. The van der Waals surface area contributed by atoms with Gasteiger partial charge in [-0.05, 0) is 29.9 Å². The zero-order chi connectivity index (χ0) is 15.4. The minimum Gasteiger partial charge on any atom is -0.481 e. The molecule has 21 heavy (non-hydrogen) atoms. The van der Waals surface area contributed by atoms with Crippen LogP contribution in [0.3, 0.4) is 0 Å². The van der Waals surface area contributed by atoms with Crippen molar-refractivity contribution in [2.24, 2.45) is 0 Å². The Morgan fingerprint density at radius 3 is 2.81 bits per heavy atom. The third-order valence-electron chi connectivity index (χ3n) is 3.34. The molecule has 0 unspecified atom stereocenters. The van der Waals surface area contributed by atoms with Gasteiger partial charge in [-0.25, -0.2) is 9.59 Å². The van der Waals surface area contributed by atoms with Crippen LogP contribution in [0.2, 0.25) is 0 Å². The molecule has 2 heterocycles. The molecule has 0 fully saturated rings. The van der Waals surface area contributed by atoms with Gasteiger partial charge < -0.3 is 20.4 Å². The van der Waals surface area contributed by atoms with E-state index in [1.165, 1.54) is 4.88 Å². The monoisotopic (exact) mass is 312 g/mol. The zero-order valence-corrected chi connectivity index (χ0v) is 12.1. The van der Waals surface area contributed by atoms with Crippen molar-refractivity contribution in [1.29, 1.82) is 0 Å². The molecule has 1 aliphatic rings. The van der Waals surface area contributed by atoms with Crippen LogP contribution in [0.15, 0.2) is 11.4 Å². The average Bonchev–Trinajstić information content (AvgIpc) is 2.89. The predicted molar refractivity (Wildman–Crippen MR) is 75.3 cm³/mol. The van der Waals surface area contributed by atoms with Crippen molar-refractivity contribution in [1.82, 2.24) is 10.2 Å². The molecule has 1 aromatic rings. The second kappa shape index (κ2) is 6.57. The van der Waals surface area contributed by atoms with Crippen LogP contribution in [0.4, 0.5) is 4.79 Å².